The second-order valence-electron chi connectivity index (χ2n) is 6.95. The fourth-order valence-corrected chi connectivity index (χ4v) is 3.74. The number of hydrogen-bond acceptors (Lipinski definition) is 3. The predicted octanol–water partition coefficient (Wildman–Crippen LogP) is 4.52. The van der Waals surface area contributed by atoms with Crippen LogP contribution in [0.4, 0.5) is 0 Å². The molecule has 3 heteroatoms. The highest BCUT2D eigenvalue weighted by Crippen LogP contribution is 2.39. The van der Waals surface area contributed by atoms with Crippen molar-refractivity contribution in [2.45, 2.75) is 38.1 Å². The molecule has 1 aromatic rings. The topological polar surface area (TPSA) is 49.7 Å². The van der Waals surface area contributed by atoms with E-state index in [9.17, 15) is 9.90 Å². The van der Waals surface area contributed by atoms with Gasteiger partial charge in [0.25, 0.3) is 0 Å². The molecule has 2 aliphatic carbocycles. The molecule has 0 spiro atoms. The van der Waals surface area contributed by atoms with Gasteiger partial charge in [0.05, 0.1) is 0 Å². The molecule has 4 rings (SSSR count). The van der Waals surface area contributed by atoms with Gasteiger partial charge in [0.2, 0.25) is 0 Å². The first kappa shape index (κ1) is 15.8. The molecule has 0 saturated carbocycles. The van der Waals surface area contributed by atoms with Crippen LogP contribution in [0.2, 0.25) is 0 Å². The number of aliphatic hydroxyl groups excluding tert-OH is 1. The van der Waals surface area contributed by atoms with Gasteiger partial charge < -0.3 is 5.11 Å². The van der Waals surface area contributed by atoms with E-state index < -0.39 is 0 Å². The summed E-state index contributed by atoms with van der Waals surface area (Å²) in [7, 11) is 0. The van der Waals surface area contributed by atoms with Gasteiger partial charge in [0.15, 0.2) is 5.78 Å². The Kier molecular flexibility index (Phi) is 4.00. The normalized spacial score (nSPS) is 27.0. The smallest absolute Gasteiger partial charge is 0.160 e. The molecule has 0 saturated heterocycles. The molecular formula is C22H21NO2. The van der Waals surface area contributed by atoms with Crippen molar-refractivity contribution in [3.63, 3.8) is 0 Å². The number of carbonyl (C=O) groups excluding carboxylic acids is 1. The molecule has 1 aliphatic heterocycles. The predicted molar refractivity (Wildman–Crippen MR) is 100 cm³/mol. The SMILES string of the molecule is Cc1ccc(C2CC(C3=CC=CC3)=NC2C(O)=C2C=CC(=O)C2)cc1. The number of hydrogen-bond donors (Lipinski definition) is 1. The van der Waals surface area contributed by atoms with Crippen molar-refractivity contribution in [1.29, 1.82) is 0 Å². The zero-order chi connectivity index (χ0) is 17.4. The third kappa shape index (κ3) is 3.02. The molecule has 126 valence electrons. The standard InChI is InChI=1S/C22H21NO2/c1-14-6-8-15(9-7-14)19-13-20(16-4-2-3-5-16)23-21(19)22(25)17-10-11-18(24)12-17/h2-4,6-11,19,21,25H,5,12-13H2,1H3. The van der Waals surface area contributed by atoms with Gasteiger partial charge in [0.1, 0.15) is 11.8 Å². The van der Waals surface area contributed by atoms with Gasteiger partial charge in [0, 0.05) is 18.1 Å². The summed E-state index contributed by atoms with van der Waals surface area (Å²) in [4.78, 5) is 16.4. The summed E-state index contributed by atoms with van der Waals surface area (Å²) in [5, 5.41) is 10.8. The summed E-state index contributed by atoms with van der Waals surface area (Å²) in [5.41, 5.74) is 5.41. The molecule has 2 unspecified atom stereocenters. The van der Waals surface area contributed by atoms with Crippen LogP contribution in [0, 0.1) is 6.92 Å². The summed E-state index contributed by atoms with van der Waals surface area (Å²) in [6.07, 6.45) is 11.6. The summed E-state index contributed by atoms with van der Waals surface area (Å²) < 4.78 is 0. The minimum Gasteiger partial charge on any atom is -0.510 e. The number of nitrogens with zero attached hydrogens (tertiary/aromatic N) is 1. The van der Waals surface area contributed by atoms with Crippen LogP contribution in [0.1, 0.15) is 36.3 Å². The highest BCUT2D eigenvalue weighted by molar-refractivity contribution is 6.03. The number of benzene rings is 1. The molecule has 0 aromatic heterocycles. The number of allylic oxidation sites excluding steroid dienone is 7. The van der Waals surface area contributed by atoms with Crippen molar-refractivity contribution >= 4 is 11.5 Å². The summed E-state index contributed by atoms with van der Waals surface area (Å²) in [6, 6.07) is 8.14. The van der Waals surface area contributed by atoms with Crippen LogP contribution in [0.3, 0.4) is 0 Å². The van der Waals surface area contributed by atoms with Crippen LogP contribution >= 0.6 is 0 Å². The Morgan fingerprint density at radius 2 is 2.00 bits per heavy atom. The Morgan fingerprint density at radius 3 is 2.64 bits per heavy atom. The van der Waals surface area contributed by atoms with Crippen molar-refractivity contribution in [3.05, 3.63) is 82.7 Å². The molecule has 3 nitrogen and oxygen atoms in total. The molecular weight excluding hydrogens is 310 g/mol. The van der Waals surface area contributed by atoms with Crippen LogP contribution in [-0.4, -0.2) is 22.6 Å². The van der Waals surface area contributed by atoms with E-state index in [2.05, 4.69) is 49.4 Å². The fraction of sp³-hybridized carbons (Fsp3) is 0.273. The number of rotatable bonds is 3. The molecule has 1 heterocycles. The van der Waals surface area contributed by atoms with E-state index in [1.807, 2.05) is 0 Å². The van der Waals surface area contributed by atoms with Crippen LogP contribution in [0.5, 0.6) is 0 Å². The molecule has 0 bridgehead atoms. The van der Waals surface area contributed by atoms with E-state index in [0.29, 0.717) is 5.57 Å². The zero-order valence-electron chi connectivity index (χ0n) is 14.3. The van der Waals surface area contributed by atoms with Gasteiger partial charge in [-0.1, -0.05) is 54.1 Å². The molecule has 1 N–H and O–H groups in total. The summed E-state index contributed by atoms with van der Waals surface area (Å²) in [5.74, 6) is 0.390. The van der Waals surface area contributed by atoms with Crippen LogP contribution in [0.25, 0.3) is 0 Å². The van der Waals surface area contributed by atoms with Gasteiger partial charge in [-0.05, 0) is 42.6 Å². The van der Waals surface area contributed by atoms with Gasteiger partial charge in [-0.15, -0.1) is 0 Å². The number of aliphatic imine (C=N–C) groups is 1. The Morgan fingerprint density at radius 1 is 1.20 bits per heavy atom. The average molecular weight is 331 g/mol. The minimum absolute atomic E-state index is 0.0401. The highest BCUT2D eigenvalue weighted by Gasteiger charge is 2.36. The first-order chi connectivity index (χ1) is 12.1. The maximum Gasteiger partial charge on any atom is 0.160 e. The number of ketones is 1. The van der Waals surface area contributed by atoms with Crippen molar-refractivity contribution in [2.24, 2.45) is 4.99 Å². The second kappa shape index (κ2) is 6.32. The maximum absolute atomic E-state index is 11.5. The number of aryl methyl sites for hydroxylation is 1. The Bertz CT molecular complexity index is 866. The van der Waals surface area contributed by atoms with Crippen LogP contribution in [-0.2, 0) is 4.79 Å². The van der Waals surface area contributed by atoms with Gasteiger partial charge >= 0.3 is 0 Å². The number of aliphatic hydroxyl groups is 1. The summed E-state index contributed by atoms with van der Waals surface area (Å²) >= 11 is 0. The first-order valence-corrected chi connectivity index (χ1v) is 8.74. The van der Waals surface area contributed by atoms with E-state index in [-0.39, 0.29) is 29.9 Å². The third-order valence-electron chi connectivity index (χ3n) is 5.18. The lowest BCUT2D eigenvalue weighted by atomic mass is 9.86. The molecule has 1 aromatic carbocycles. The first-order valence-electron chi connectivity index (χ1n) is 8.74. The highest BCUT2D eigenvalue weighted by atomic mass is 16.3. The summed E-state index contributed by atoms with van der Waals surface area (Å²) in [6.45, 7) is 2.07. The number of carbonyl (C=O) groups is 1. The lowest BCUT2D eigenvalue weighted by Crippen LogP contribution is -2.16. The van der Waals surface area contributed by atoms with Gasteiger partial charge in [-0.3, -0.25) is 9.79 Å². The van der Waals surface area contributed by atoms with Crippen molar-refractivity contribution < 1.29 is 9.90 Å². The molecule has 3 aliphatic rings. The maximum atomic E-state index is 11.5. The van der Waals surface area contributed by atoms with E-state index in [1.165, 1.54) is 22.8 Å². The van der Waals surface area contributed by atoms with E-state index >= 15 is 0 Å². The molecule has 0 amide bonds. The molecule has 25 heavy (non-hydrogen) atoms. The Labute approximate surface area is 147 Å². The van der Waals surface area contributed by atoms with Crippen molar-refractivity contribution in [1.82, 2.24) is 0 Å². The van der Waals surface area contributed by atoms with Crippen molar-refractivity contribution in [2.75, 3.05) is 0 Å². The van der Waals surface area contributed by atoms with Gasteiger partial charge in [-0.2, -0.15) is 0 Å². The van der Waals surface area contributed by atoms with E-state index in [0.717, 1.165) is 18.6 Å². The second-order valence-corrected chi connectivity index (χ2v) is 6.95. The lowest BCUT2D eigenvalue weighted by molar-refractivity contribution is -0.113. The quantitative estimate of drug-likeness (QED) is 0.828. The van der Waals surface area contributed by atoms with Gasteiger partial charge in [-0.25, -0.2) is 0 Å². The lowest BCUT2D eigenvalue weighted by Gasteiger charge is -2.19. The Hall–Kier alpha value is -2.68. The third-order valence-corrected chi connectivity index (χ3v) is 5.18. The largest absolute Gasteiger partial charge is 0.510 e. The Balaban J connectivity index is 1.71. The van der Waals surface area contributed by atoms with Crippen LogP contribution < -0.4 is 0 Å². The monoisotopic (exact) mass is 331 g/mol. The molecule has 0 radical (unpaired) electrons. The van der Waals surface area contributed by atoms with Crippen molar-refractivity contribution in [3.8, 4) is 0 Å². The minimum atomic E-state index is -0.315. The average Bonchev–Trinajstić information content (AvgIpc) is 3.35. The van der Waals surface area contributed by atoms with E-state index in [1.54, 1.807) is 6.08 Å². The fourth-order valence-electron chi connectivity index (χ4n) is 3.74. The van der Waals surface area contributed by atoms with Crippen LogP contribution in [0.15, 0.2) is 76.5 Å². The molecule has 0 fully saturated rings. The molecule has 2 atom stereocenters. The van der Waals surface area contributed by atoms with E-state index in [4.69, 9.17) is 4.99 Å². The zero-order valence-corrected chi connectivity index (χ0v) is 14.3.